The number of hydrogen-bond donors (Lipinski definition) is 0. The number of aryl methyl sites for hydroxylation is 1. The van der Waals surface area contributed by atoms with Gasteiger partial charge in [0.25, 0.3) is 11.1 Å². The summed E-state index contributed by atoms with van der Waals surface area (Å²) in [6, 6.07) is 10.4. The number of benzene rings is 1. The molecular weight excluding hydrogens is 386 g/mol. The van der Waals surface area contributed by atoms with E-state index in [0.29, 0.717) is 24.5 Å². The van der Waals surface area contributed by atoms with Crippen LogP contribution in [0.4, 0.5) is 10.5 Å². The number of anilines is 1. The fraction of sp³-hybridized carbons (Fsp3) is 0.364. The van der Waals surface area contributed by atoms with E-state index >= 15 is 0 Å². The highest BCUT2D eigenvalue weighted by atomic mass is 32.2. The van der Waals surface area contributed by atoms with Gasteiger partial charge in [-0.3, -0.25) is 14.5 Å². The Morgan fingerprint density at radius 1 is 1.14 bits per heavy atom. The number of ether oxygens (including phenoxy) is 1. The minimum absolute atomic E-state index is 0.217. The molecule has 154 valence electrons. The zero-order valence-corrected chi connectivity index (χ0v) is 18.4. The summed E-state index contributed by atoms with van der Waals surface area (Å²) in [4.78, 5) is 28.7. The third-order valence-electron chi connectivity index (χ3n) is 4.98. The van der Waals surface area contributed by atoms with Crippen LogP contribution in [-0.4, -0.2) is 55.0 Å². The van der Waals surface area contributed by atoms with E-state index in [1.165, 1.54) is 4.90 Å². The maximum Gasteiger partial charge on any atom is 0.293 e. The first-order valence-corrected chi connectivity index (χ1v) is 10.4. The lowest BCUT2D eigenvalue weighted by Crippen LogP contribution is -2.29. The minimum atomic E-state index is -0.226. The summed E-state index contributed by atoms with van der Waals surface area (Å²) in [7, 11) is 5.64. The second-order valence-corrected chi connectivity index (χ2v) is 8.25. The van der Waals surface area contributed by atoms with Crippen LogP contribution in [0.5, 0.6) is 0 Å². The molecule has 1 aromatic heterocycles. The average molecular weight is 414 g/mol. The van der Waals surface area contributed by atoms with E-state index in [2.05, 4.69) is 33.7 Å². The van der Waals surface area contributed by atoms with Crippen molar-refractivity contribution in [1.29, 1.82) is 0 Å². The number of aromatic nitrogens is 1. The SMILES string of the molecule is COCCCN1C(=O)S/C(=C/c2cc(C)n(-c3ccc(N(C)C)cc3)c2C)C1=O. The highest BCUT2D eigenvalue weighted by molar-refractivity contribution is 8.18. The quantitative estimate of drug-likeness (QED) is 0.502. The van der Waals surface area contributed by atoms with Gasteiger partial charge in [-0.2, -0.15) is 0 Å². The molecule has 1 aliphatic rings. The van der Waals surface area contributed by atoms with Crippen molar-refractivity contribution in [3.8, 4) is 5.69 Å². The lowest BCUT2D eigenvalue weighted by molar-refractivity contribution is -0.122. The van der Waals surface area contributed by atoms with E-state index in [0.717, 1.165) is 40.1 Å². The van der Waals surface area contributed by atoms with E-state index in [9.17, 15) is 9.59 Å². The van der Waals surface area contributed by atoms with Gasteiger partial charge in [-0.25, -0.2) is 0 Å². The molecule has 0 unspecified atom stereocenters. The summed E-state index contributed by atoms with van der Waals surface area (Å²) in [5, 5.41) is -0.217. The van der Waals surface area contributed by atoms with Crippen molar-refractivity contribution in [2.75, 3.05) is 39.3 Å². The van der Waals surface area contributed by atoms with Crippen molar-refractivity contribution >= 4 is 34.7 Å². The number of nitrogens with zero attached hydrogens (tertiary/aromatic N) is 3. The van der Waals surface area contributed by atoms with Crippen molar-refractivity contribution in [3.05, 3.63) is 52.2 Å². The summed E-state index contributed by atoms with van der Waals surface area (Å²) in [5.41, 5.74) is 5.26. The van der Waals surface area contributed by atoms with Crippen molar-refractivity contribution in [3.63, 3.8) is 0 Å². The fourth-order valence-corrected chi connectivity index (χ4v) is 4.29. The van der Waals surface area contributed by atoms with E-state index in [4.69, 9.17) is 4.74 Å². The molecule has 29 heavy (non-hydrogen) atoms. The molecule has 0 atom stereocenters. The number of carbonyl (C=O) groups is 2. The van der Waals surface area contributed by atoms with Gasteiger partial charge >= 0.3 is 0 Å². The van der Waals surface area contributed by atoms with Gasteiger partial charge in [0.05, 0.1) is 4.91 Å². The highest BCUT2D eigenvalue weighted by Gasteiger charge is 2.34. The maximum absolute atomic E-state index is 12.7. The first-order chi connectivity index (χ1) is 13.8. The third-order valence-corrected chi connectivity index (χ3v) is 5.89. The molecule has 0 saturated carbocycles. The molecule has 0 bridgehead atoms. The molecular formula is C22H27N3O3S. The smallest absolute Gasteiger partial charge is 0.293 e. The van der Waals surface area contributed by atoms with Crippen LogP contribution in [0, 0.1) is 13.8 Å². The topological polar surface area (TPSA) is 54.8 Å². The molecule has 6 nitrogen and oxygen atoms in total. The van der Waals surface area contributed by atoms with Crippen LogP contribution in [-0.2, 0) is 9.53 Å². The molecule has 0 N–H and O–H groups in total. The average Bonchev–Trinajstić information content (AvgIpc) is 3.11. The second kappa shape index (κ2) is 8.88. The molecule has 2 heterocycles. The lowest BCUT2D eigenvalue weighted by Gasteiger charge is -2.15. The summed E-state index contributed by atoms with van der Waals surface area (Å²) < 4.78 is 7.17. The molecule has 1 saturated heterocycles. The number of hydrogen-bond acceptors (Lipinski definition) is 5. The zero-order chi connectivity index (χ0) is 21.1. The molecule has 0 aliphatic carbocycles. The largest absolute Gasteiger partial charge is 0.385 e. The molecule has 0 radical (unpaired) electrons. The standard InChI is InChI=1S/C22H27N3O3S/c1-15-13-17(14-20-21(26)24(22(27)29-20)11-6-12-28-5)16(2)25(15)19-9-7-18(8-10-19)23(3)4/h7-10,13-14H,6,11-12H2,1-5H3/b20-14+. The van der Waals surface area contributed by atoms with Crippen molar-refractivity contribution in [2.24, 2.45) is 0 Å². The summed E-state index contributed by atoms with van der Waals surface area (Å²) >= 11 is 1.00. The normalized spacial score (nSPS) is 15.6. The Hall–Kier alpha value is -2.51. The second-order valence-electron chi connectivity index (χ2n) is 7.25. The maximum atomic E-state index is 12.7. The molecule has 1 fully saturated rings. The monoisotopic (exact) mass is 413 g/mol. The van der Waals surface area contributed by atoms with Gasteiger partial charge in [-0.1, -0.05) is 0 Å². The third kappa shape index (κ3) is 4.41. The minimum Gasteiger partial charge on any atom is -0.385 e. The van der Waals surface area contributed by atoms with Gasteiger partial charge in [0.2, 0.25) is 0 Å². The number of methoxy groups -OCH3 is 1. The molecule has 2 aromatic rings. The number of carbonyl (C=O) groups excluding carboxylic acids is 2. The Morgan fingerprint density at radius 3 is 2.45 bits per heavy atom. The van der Waals surface area contributed by atoms with Gasteiger partial charge in [0, 0.05) is 57.1 Å². The summed E-state index contributed by atoms with van der Waals surface area (Å²) in [6.07, 6.45) is 2.47. The van der Waals surface area contributed by atoms with Gasteiger partial charge in [-0.05, 0) is 74.0 Å². The van der Waals surface area contributed by atoms with Crippen molar-refractivity contribution in [1.82, 2.24) is 9.47 Å². The van der Waals surface area contributed by atoms with Gasteiger partial charge in [-0.15, -0.1) is 0 Å². The van der Waals surface area contributed by atoms with Crippen molar-refractivity contribution < 1.29 is 14.3 Å². The van der Waals surface area contributed by atoms with Gasteiger partial charge in [0.15, 0.2) is 0 Å². The first kappa shape index (κ1) is 21.2. The van der Waals surface area contributed by atoms with Crippen LogP contribution in [0.25, 0.3) is 11.8 Å². The highest BCUT2D eigenvalue weighted by Crippen LogP contribution is 2.34. The molecule has 2 amide bonds. The van der Waals surface area contributed by atoms with Crippen molar-refractivity contribution in [2.45, 2.75) is 20.3 Å². The number of thioether (sulfide) groups is 1. The Kier molecular flexibility index (Phi) is 6.49. The predicted molar refractivity (Wildman–Crippen MR) is 119 cm³/mol. The fourth-order valence-electron chi connectivity index (χ4n) is 3.43. The molecule has 1 aromatic carbocycles. The number of imide groups is 1. The van der Waals surface area contributed by atoms with E-state index in [-0.39, 0.29) is 11.1 Å². The lowest BCUT2D eigenvalue weighted by atomic mass is 10.2. The van der Waals surface area contributed by atoms with Crippen LogP contribution >= 0.6 is 11.8 Å². The Balaban J connectivity index is 1.86. The van der Waals surface area contributed by atoms with E-state index in [1.54, 1.807) is 7.11 Å². The molecule has 7 heteroatoms. The number of rotatable bonds is 7. The Morgan fingerprint density at radius 2 is 1.83 bits per heavy atom. The van der Waals surface area contributed by atoms with Crippen LogP contribution in [0.3, 0.4) is 0 Å². The Labute approximate surface area is 176 Å². The van der Waals surface area contributed by atoms with Crippen LogP contribution in [0.2, 0.25) is 0 Å². The molecule has 1 aliphatic heterocycles. The van der Waals surface area contributed by atoms with E-state index < -0.39 is 0 Å². The zero-order valence-electron chi connectivity index (χ0n) is 17.6. The molecule has 3 rings (SSSR count). The predicted octanol–water partition coefficient (Wildman–Crippen LogP) is 4.23. The van der Waals surface area contributed by atoms with E-state index in [1.807, 2.05) is 40.1 Å². The van der Waals surface area contributed by atoms with Gasteiger partial charge < -0.3 is 14.2 Å². The van der Waals surface area contributed by atoms with Crippen LogP contribution in [0.15, 0.2) is 35.2 Å². The number of amides is 2. The van der Waals surface area contributed by atoms with Crippen LogP contribution < -0.4 is 4.90 Å². The van der Waals surface area contributed by atoms with Crippen LogP contribution in [0.1, 0.15) is 23.4 Å². The molecule has 0 spiro atoms. The Bertz CT molecular complexity index is 945. The summed E-state index contributed by atoms with van der Waals surface area (Å²) in [6.45, 7) is 4.98. The van der Waals surface area contributed by atoms with Gasteiger partial charge in [0.1, 0.15) is 0 Å². The first-order valence-electron chi connectivity index (χ1n) is 9.54. The summed E-state index contributed by atoms with van der Waals surface area (Å²) in [5.74, 6) is -0.226.